The fraction of sp³-hybridized carbons (Fsp3) is 0.462. The fourth-order valence-electron chi connectivity index (χ4n) is 1.49. The maximum Gasteiger partial charge on any atom is 0.236 e. The van der Waals surface area contributed by atoms with E-state index in [4.69, 9.17) is 5.73 Å². The number of carbonyl (C=O) groups excluding carboxylic acids is 1. The third-order valence-electron chi connectivity index (χ3n) is 2.60. The van der Waals surface area contributed by atoms with Gasteiger partial charge in [0, 0.05) is 6.54 Å². The van der Waals surface area contributed by atoms with Crippen LogP contribution in [0.3, 0.4) is 0 Å². The van der Waals surface area contributed by atoms with Crippen LogP contribution in [0.2, 0.25) is 0 Å². The molecule has 0 bridgehead atoms. The molecule has 1 aromatic carbocycles. The van der Waals surface area contributed by atoms with Crippen molar-refractivity contribution in [3.8, 4) is 0 Å². The Kier molecular flexibility index (Phi) is 6.75. The first-order valence-corrected chi connectivity index (χ1v) is 7.29. The second-order valence-corrected chi connectivity index (χ2v) is 5.04. The fourth-order valence-corrected chi connectivity index (χ4v) is 1.98. The average Bonchev–Trinajstić information content (AvgIpc) is 2.38. The van der Waals surface area contributed by atoms with Crippen LogP contribution >= 0.6 is 11.8 Å². The molecule has 0 spiro atoms. The molecule has 0 aromatic heterocycles. The molecular formula is C13H19FN2OS. The van der Waals surface area contributed by atoms with Gasteiger partial charge in [-0.25, -0.2) is 4.39 Å². The Morgan fingerprint density at radius 3 is 2.72 bits per heavy atom. The Morgan fingerprint density at radius 2 is 2.11 bits per heavy atom. The molecule has 3 N–H and O–H groups in total. The van der Waals surface area contributed by atoms with Crippen molar-refractivity contribution in [1.82, 2.24) is 5.32 Å². The lowest BCUT2D eigenvalue weighted by molar-refractivity contribution is -0.122. The van der Waals surface area contributed by atoms with E-state index in [0.717, 1.165) is 11.3 Å². The van der Waals surface area contributed by atoms with Crippen LogP contribution < -0.4 is 11.1 Å². The number of carbonyl (C=O) groups is 1. The second-order valence-electron chi connectivity index (χ2n) is 4.06. The van der Waals surface area contributed by atoms with Gasteiger partial charge in [-0.3, -0.25) is 4.79 Å². The van der Waals surface area contributed by atoms with E-state index in [-0.39, 0.29) is 11.7 Å². The highest BCUT2D eigenvalue weighted by molar-refractivity contribution is 7.98. The number of hydrogen-bond donors (Lipinski definition) is 2. The lowest BCUT2D eigenvalue weighted by Gasteiger charge is -2.11. The molecule has 0 aliphatic carbocycles. The van der Waals surface area contributed by atoms with Gasteiger partial charge in [0.1, 0.15) is 5.82 Å². The molecule has 5 heteroatoms. The largest absolute Gasteiger partial charge is 0.354 e. The zero-order valence-corrected chi connectivity index (χ0v) is 11.3. The van der Waals surface area contributed by atoms with Crippen LogP contribution in [0.1, 0.15) is 12.0 Å². The zero-order chi connectivity index (χ0) is 13.4. The van der Waals surface area contributed by atoms with Gasteiger partial charge in [-0.2, -0.15) is 11.8 Å². The summed E-state index contributed by atoms with van der Waals surface area (Å²) in [6.45, 7) is 0.525. The Hall–Kier alpha value is -1.07. The molecule has 0 unspecified atom stereocenters. The molecule has 1 atom stereocenters. The Balaban J connectivity index is 2.24. The Labute approximate surface area is 111 Å². The number of nitrogens with two attached hydrogens (primary N) is 1. The first kappa shape index (κ1) is 15.0. The van der Waals surface area contributed by atoms with Crippen molar-refractivity contribution in [1.29, 1.82) is 0 Å². The third-order valence-corrected chi connectivity index (χ3v) is 3.24. The average molecular weight is 270 g/mol. The van der Waals surface area contributed by atoms with Gasteiger partial charge in [0.2, 0.25) is 5.91 Å². The molecule has 0 saturated heterocycles. The van der Waals surface area contributed by atoms with E-state index >= 15 is 0 Å². The van der Waals surface area contributed by atoms with Gasteiger partial charge in [-0.1, -0.05) is 12.1 Å². The van der Waals surface area contributed by atoms with Gasteiger partial charge in [0.15, 0.2) is 0 Å². The van der Waals surface area contributed by atoms with Crippen LogP contribution in [-0.2, 0) is 11.2 Å². The van der Waals surface area contributed by atoms with Gasteiger partial charge < -0.3 is 11.1 Å². The summed E-state index contributed by atoms with van der Waals surface area (Å²) in [7, 11) is 0. The van der Waals surface area contributed by atoms with Gasteiger partial charge in [0.05, 0.1) is 6.04 Å². The number of nitrogens with one attached hydrogen (secondary N) is 1. The van der Waals surface area contributed by atoms with E-state index in [1.54, 1.807) is 23.9 Å². The van der Waals surface area contributed by atoms with Crippen molar-refractivity contribution in [3.63, 3.8) is 0 Å². The quantitative estimate of drug-likeness (QED) is 0.790. The van der Waals surface area contributed by atoms with Crippen LogP contribution in [0.25, 0.3) is 0 Å². The van der Waals surface area contributed by atoms with Crippen molar-refractivity contribution in [2.45, 2.75) is 18.9 Å². The summed E-state index contributed by atoms with van der Waals surface area (Å²) in [5.41, 5.74) is 6.72. The summed E-state index contributed by atoms with van der Waals surface area (Å²) >= 11 is 1.67. The molecular weight excluding hydrogens is 251 g/mol. The van der Waals surface area contributed by atoms with Crippen molar-refractivity contribution < 1.29 is 9.18 Å². The van der Waals surface area contributed by atoms with E-state index < -0.39 is 6.04 Å². The highest BCUT2D eigenvalue weighted by atomic mass is 32.2. The summed E-state index contributed by atoms with van der Waals surface area (Å²) < 4.78 is 12.7. The van der Waals surface area contributed by atoms with E-state index in [9.17, 15) is 9.18 Å². The zero-order valence-electron chi connectivity index (χ0n) is 10.5. The second kappa shape index (κ2) is 8.11. The van der Waals surface area contributed by atoms with Gasteiger partial charge >= 0.3 is 0 Å². The molecule has 0 aliphatic rings. The van der Waals surface area contributed by atoms with Gasteiger partial charge in [-0.05, 0) is 42.5 Å². The Bertz CT molecular complexity index is 370. The number of halogens is 1. The molecule has 100 valence electrons. The normalized spacial score (nSPS) is 12.2. The van der Waals surface area contributed by atoms with E-state index in [2.05, 4.69) is 5.32 Å². The minimum atomic E-state index is -0.439. The molecule has 1 aromatic rings. The van der Waals surface area contributed by atoms with Crippen molar-refractivity contribution in [3.05, 3.63) is 35.6 Å². The predicted octanol–water partition coefficient (Wildman–Crippen LogP) is 1.56. The molecule has 1 rings (SSSR count). The molecule has 3 nitrogen and oxygen atoms in total. The standard InChI is InChI=1S/C13H19FN2OS/c1-18-9-7-12(15)13(17)16-8-6-10-2-4-11(14)5-3-10/h2-5,12H,6-9,15H2,1H3,(H,16,17)/t12-/m1/s1. The summed E-state index contributed by atoms with van der Waals surface area (Å²) in [5.74, 6) is 0.514. The van der Waals surface area contributed by atoms with Gasteiger partial charge in [0.25, 0.3) is 0 Å². The highest BCUT2D eigenvalue weighted by Crippen LogP contribution is 2.03. The predicted molar refractivity (Wildman–Crippen MR) is 74.1 cm³/mol. The van der Waals surface area contributed by atoms with Crippen molar-refractivity contribution in [2.24, 2.45) is 5.73 Å². The number of amides is 1. The number of rotatable bonds is 7. The molecule has 0 aliphatic heterocycles. The smallest absolute Gasteiger partial charge is 0.236 e. The van der Waals surface area contributed by atoms with Crippen LogP contribution in [0.5, 0.6) is 0 Å². The summed E-state index contributed by atoms with van der Waals surface area (Å²) in [6, 6.07) is 5.83. The molecule has 0 saturated carbocycles. The Morgan fingerprint density at radius 1 is 1.44 bits per heavy atom. The molecule has 18 heavy (non-hydrogen) atoms. The van der Waals surface area contributed by atoms with Crippen LogP contribution in [0.4, 0.5) is 4.39 Å². The minimum absolute atomic E-state index is 0.119. The molecule has 0 radical (unpaired) electrons. The SMILES string of the molecule is CSCC[C@@H](N)C(=O)NCCc1ccc(F)cc1. The minimum Gasteiger partial charge on any atom is -0.354 e. The number of hydrogen-bond acceptors (Lipinski definition) is 3. The first-order chi connectivity index (χ1) is 8.63. The maximum absolute atomic E-state index is 12.7. The summed E-state index contributed by atoms with van der Waals surface area (Å²) in [6.07, 6.45) is 3.35. The summed E-state index contributed by atoms with van der Waals surface area (Å²) in [5, 5.41) is 2.79. The van der Waals surface area contributed by atoms with Crippen molar-refractivity contribution in [2.75, 3.05) is 18.6 Å². The van der Waals surface area contributed by atoms with Crippen LogP contribution in [0.15, 0.2) is 24.3 Å². The van der Waals surface area contributed by atoms with E-state index in [0.29, 0.717) is 19.4 Å². The monoisotopic (exact) mass is 270 g/mol. The highest BCUT2D eigenvalue weighted by Gasteiger charge is 2.11. The lowest BCUT2D eigenvalue weighted by atomic mass is 10.1. The molecule has 0 fully saturated rings. The van der Waals surface area contributed by atoms with Crippen molar-refractivity contribution >= 4 is 17.7 Å². The maximum atomic E-state index is 12.7. The van der Waals surface area contributed by atoms with Crippen LogP contribution in [-0.4, -0.2) is 30.5 Å². The van der Waals surface area contributed by atoms with E-state index in [1.165, 1.54) is 12.1 Å². The molecule has 1 amide bonds. The van der Waals surface area contributed by atoms with Gasteiger partial charge in [-0.15, -0.1) is 0 Å². The lowest BCUT2D eigenvalue weighted by Crippen LogP contribution is -2.41. The first-order valence-electron chi connectivity index (χ1n) is 5.90. The number of thioether (sulfide) groups is 1. The third kappa shape index (κ3) is 5.51. The summed E-state index contributed by atoms with van der Waals surface area (Å²) in [4.78, 5) is 11.6. The number of benzene rings is 1. The van der Waals surface area contributed by atoms with E-state index in [1.807, 2.05) is 6.26 Å². The van der Waals surface area contributed by atoms with Crippen LogP contribution in [0, 0.1) is 5.82 Å². The molecule has 0 heterocycles. The topological polar surface area (TPSA) is 55.1 Å².